The van der Waals surface area contributed by atoms with E-state index >= 15 is 0 Å². The summed E-state index contributed by atoms with van der Waals surface area (Å²) in [4.78, 5) is 7.07. The van der Waals surface area contributed by atoms with Gasteiger partial charge in [0, 0.05) is 0 Å². The van der Waals surface area contributed by atoms with Gasteiger partial charge in [-0.05, 0) is 0 Å². The minimum absolute atomic E-state index is 0.369. The first-order valence-corrected chi connectivity index (χ1v) is 10.2. The number of hydrogen-bond donors (Lipinski definition) is 1. The van der Waals surface area contributed by atoms with Crippen LogP contribution in [0.25, 0.3) is 0 Å². The minimum atomic E-state index is 0.369. The fraction of sp³-hybridized carbons (Fsp3) is 0.316. The second-order valence-electron chi connectivity index (χ2n) is 7.18. The maximum absolute atomic E-state index is 6.22. The summed E-state index contributed by atoms with van der Waals surface area (Å²) in [5, 5.41) is 4.47. The Morgan fingerprint density at radius 2 is 2.16 bits per heavy atom. The summed E-state index contributed by atoms with van der Waals surface area (Å²) >= 11 is 7.77. The van der Waals surface area contributed by atoms with E-state index in [4.69, 9.17) is 11.6 Å². The predicted octanol–water partition coefficient (Wildman–Crippen LogP) is 2.73. The molecule has 4 rings (SSSR count). The normalized spacial score (nSPS) is 24.6. The van der Waals surface area contributed by atoms with Gasteiger partial charge in [-0.15, -0.1) is 0 Å². The topological polar surface area (TPSA) is 27.6 Å². The molecule has 130 valence electrons. The Bertz CT molecular complexity index is 838. The van der Waals surface area contributed by atoms with Gasteiger partial charge >= 0.3 is 163 Å². The average molecular weight is 418 g/mol. The molecule has 4 nitrogen and oxygen atoms in total. The number of aliphatic imine (C=N–C) groups is 1. The van der Waals surface area contributed by atoms with E-state index in [1.54, 1.807) is 16.9 Å². The third-order valence-corrected chi connectivity index (χ3v) is 6.22. The molecule has 1 fully saturated rings. The van der Waals surface area contributed by atoms with Gasteiger partial charge in [0.2, 0.25) is 0 Å². The van der Waals surface area contributed by atoms with Crippen molar-refractivity contribution >= 4 is 34.8 Å². The van der Waals surface area contributed by atoms with Crippen LogP contribution in [0.3, 0.4) is 0 Å². The second-order valence-corrected chi connectivity index (χ2v) is 8.76. The molecular formula is C19H23AsClN4+. The van der Waals surface area contributed by atoms with E-state index in [0.717, 1.165) is 34.0 Å². The summed E-state index contributed by atoms with van der Waals surface area (Å²) in [6.45, 7) is 1.05. The first-order valence-electron chi connectivity index (χ1n) is 8.56. The Balaban J connectivity index is 1.68. The molecule has 1 aromatic rings. The van der Waals surface area contributed by atoms with Crippen LogP contribution in [0.2, 0.25) is 5.02 Å². The average Bonchev–Trinajstić information content (AvgIpc) is 3.08. The Morgan fingerprint density at radius 3 is 2.96 bits per heavy atom. The van der Waals surface area contributed by atoms with Crippen LogP contribution in [-0.2, 0) is 0 Å². The summed E-state index contributed by atoms with van der Waals surface area (Å²) in [7, 11) is 4.31. The monoisotopic (exact) mass is 417 g/mol. The summed E-state index contributed by atoms with van der Waals surface area (Å²) in [6, 6.07) is 8.62. The molecule has 0 amide bonds. The molecule has 1 saturated heterocycles. The SMILES string of the molecule is C[N+]1(C)C=NC([AsH2])=C2NC(N3CCCC3c3cccc(Cl)c3)=CC=C21. The number of nitrogens with zero attached hydrogens (tertiary/aromatic N) is 3. The zero-order valence-electron chi connectivity index (χ0n) is 14.5. The maximum atomic E-state index is 6.22. The molecule has 0 radical (unpaired) electrons. The molecule has 2 atom stereocenters. The molecule has 0 bridgehead atoms. The van der Waals surface area contributed by atoms with Crippen molar-refractivity contribution in [1.82, 2.24) is 10.2 Å². The summed E-state index contributed by atoms with van der Waals surface area (Å²) in [5.41, 5.74) is 3.70. The molecule has 0 aliphatic carbocycles. The Hall–Kier alpha value is -1.48. The van der Waals surface area contributed by atoms with Crippen LogP contribution in [0, 0.1) is 0 Å². The van der Waals surface area contributed by atoms with Crippen LogP contribution in [0.15, 0.2) is 63.1 Å². The van der Waals surface area contributed by atoms with Crippen LogP contribution in [-0.4, -0.2) is 53.2 Å². The van der Waals surface area contributed by atoms with E-state index < -0.39 is 0 Å². The van der Waals surface area contributed by atoms with Crippen LogP contribution < -0.4 is 5.32 Å². The molecule has 25 heavy (non-hydrogen) atoms. The van der Waals surface area contributed by atoms with Crippen LogP contribution in [0.5, 0.6) is 0 Å². The number of nitrogens with one attached hydrogen (secondary N) is 1. The van der Waals surface area contributed by atoms with Crippen molar-refractivity contribution < 1.29 is 4.48 Å². The molecule has 1 N–H and O–H groups in total. The molecule has 3 aliphatic heterocycles. The number of hydrogen-bond acceptors (Lipinski definition) is 3. The number of fused-ring (bicyclic) bond motifs is 1. The molecule has 0 spiro atoms. The van der Waals surface area contributed by atoms with Crippen LogP contribution in [0.4, 0.5) is 0 Å². The number of quaternary nitrogens is 1. The van der Waals surface area contributed by atoms with Crippen molar-refractivity contribution in [2.45, 2.75) is 18.9 Å². The van der Waals surface area contributed by atoms with Crippen molar-refractivity contribution in [3.63, 3.8) is 0 Å². The molecule has 6 heteroatoms. The van der Waals surface area contributed by atoms with Crippen LogP contribution >= 0.6 is 11.6 Å². The second kappa shape index (κ2) is 6.35. The Kier molecular flexibility index (Phi) is 4.31. The van der Waals surface area contributed by atoms with E-state index in [-0.39, 0.29) is 0 Å². The van der Waals surface area contributed by atoms with Gasteiger partial charge in [-0.25, -0.2) is 0 Å². The van der Waals surface area contributed by atoms with E-state index in [9.17, 15) is 0 Å². The number of benzene rings is 1. The standard InChI is InChI=1S/C19H23AsClN4/c1-25(2)12-22-19(20)18-16(25)8-9-17(23-18)24-10-4-7-15(24)13-5-3-6-14(21)11-13/h3,5-6,8-9,11-12,15,23H,4,7,10,20H2,1-2H3/q+1. The van der Waals surface area contributed by atoms with Crippen molar-refractivity contribution in [3.8, 4) is 0 Å². The number of dihydropyridines is 1. The van der Waals surface area contributed by atoms with Gasteiger partial charge in [-0.2, -0.15) is 0 Å². The zero-order chi connectivity index (χ0) is 17.6. The molecule has 0 saturated carbocycles. The fourth-order valence-corrected chi connectivity index (χ4v) is 4.57. The zero-order valence-corrected chi connectivity index (χ0v) is 17.7. The van der Waals surface area contributed by atoms with Gasteiger partial charge in [-0.1, -0.05) is 0 Å². The number of likely N-dealkylation sites (tertiary alicyclic amines) is 1. The van der Waals surface area contributed by atoms with E-state index in [0.29, 0.717) is 10.5 Å². The van der Waals surface area contributed by atoms with Gasteiger partial charge in [-0.3, -0.25) is 0 Å². The quantitative estimate of drug-likeness (QED) is 0.592. The Morgan fingerprint density at radius 1 is 1.32 bits per heavy atom. The van der Waals surface area contributed by atoms with Crippen molar-refractivity contribution in [3.05, 3.63) is 68.7 Å². The van der Waals surface area contributed by atoms with Crippen molar-refractivity contribution in [1.29, 1.82) is 0 Å². The molecule has 2 unspecified atom stereocenters. The summed E-state index contributed by atoms with van der Waals surface area (Å²) in [5.74, 6) is 1.16. The molecule has 3 heterocycles. The molecular weight excluding hydrogens is 395 g/mol. The molecule has 3 aliphatic rings. The first-order chi connectivity index (χ1) is 12.0. The van der Waals surface area contributed by atoms with E-state index in [2.05, 4.69) is 53.6 Å². The first kappa shape index (κ1) is 17.0. The third kappa shape index (κ3) is 3.08. The fourth-order valence-electron chi connectivity index (χ4n) is 3.77. The van der Waals surface area contributed by atoms with Crippen molar-refractivity contribution in [2.24, 2.45) is 4.99 Å². The summed E-state index contributed by atoms with van der Waals surface area (Å²) in [6.07, 6.45) is 8.78. The van der Waals surface area contributed by atoms with Gasteiger partial charge in [0.25, 0.3) is 0 Å². The molecule has 0 aromatic heterocycles. The number of rotatable bonds is 2. The van der Waals surface area contributed by atoms with Crippen molar-refractivity contribution in [2.75, 3.05) is 20.6 Å². The number of likely N-dealkylation sites (N-methyl/N-ethyl adjacent to an activating group) is 1. The van der Waals surface area contributed by atoms with Gasteiger partial charge in [0.1, 0.15) is 0 Å². The van der Waals surface area contributed by atoms with Gasteiger partial charge in [0.05, 0.1) is 0 Å². The van der Waals surface area contributed by atoms with Gasteiger partial charge < -0.3 is 0 Å². The molecule has 1 aromatic carbocycles. The van der Waals surface area contributed by atoms with E-state index in [1.807, 2.05) is 18.5 Å². The third-order valence-electron chi connectivity index (χ3n) is 5.07. The number of allylic oxidation sites excluding steroid dienone is 2. The van der Waals surface area contributed by atoms with Gasteiger partial charge in [0.15, 0.2) is 0 Å². The Labute approximate surface area is 162 Å². The predicted molar refractivity (Wildman–Crippen MR) is 106 cm³/mol. The number of halogens is 1. The van der Waals surface area contributed by atoms with E-state index in [1.165, 1.54) is 17.7 Å². The van der Waals surface area contributed by atoms with Crippen LogP contribution in [0.1, 0.15) is 24.4 Å². The summed E-state index contributed by atoms with van der Waals surface area (Å²) < 4.78 is 1.76.